The molecule has 0 radical (unpaired) electrons. The summed E-state index contributed by atoms with van der Waals surface area (Å²) in [7, 11) is 0. The zero-order valence-electron chi connectivity index (χ0n) is 45.0. The Labute approximate surface area is 486 Å². The molecule has 4 nitrogen and oxygen atoms in total. The smallest absolute Gasteiger partial charge is 0.135 e. The summed E-state index contributed by atoms with van der Waals surface area (Å²) < 4.78 is 12.7. The van der Waals surface area contributed by atoms with Gasteiger partial charge in [0.25, 0.3) is 0 Å². The minimum Gasteiger partial charge on any atom is -0.456 e. The first-order valence-electron chi connectivity index (χ1n) is 28.0. The van der Waals surface area contributed by atoms with Crippen LogP contribution in [0, 0.1) is 0 Å². The maximum atomic E-state index is 7.78. The molecule has 0 aliphatic heterocycles. The number of hydrogen-bond acceptors (Lipinski definition) is 4. The van der Waals surface area contributed by atoms with Crippen LogP contribution >= 0.6 is 11.6 Å². The number of para-hydroxylation sites is 4. The molecule has 13 aromatic carbocycles. The first kappa shape index (κ1) is 49.4. The highest BCUT2D eigenvalue weighted by atomic mass is 35.5. The molecule has 0 aliphatic rings. The Kier molecular flexibility index (Phi) is 12.6. The molecule has 2 heterocycles. The highest BCUT2D eigenvalue weighted by Crippen LogP contribution is 2.52. The molecule has 392 valence electrons. The first-order valence-corrected chi connectivity index (χ1v) is 28.4. The summed E-state index contributed by atoms with van der Waals surface area (Å²) in [4.78, 5) is 4.82. The van der Waals surface area contributed by atoms with Gasteiger partial charge in [-0.05, 0) is 123 Å². The Balaban J connectivity index is 0.999. The van der Waals surface area contributed by atoms with Crippen molar-refractivity contribution in [3.63, 3.8) is 0 Å². The number of nitrogens with zero attached hydrogens (tertiary/aromatic N) is 2. The predicted octanol–water partition coefficient (Wildman–Crippen LogP) is 23.1. The van der Waals surface area contributed by atoms with Crippen LogP contribution in [0.2, 0.25) is 5.02 Å². The zero-order valence-corrected chi connectivity index (χ0v) is 45.8. The van der Waals surface area contributed by atoms with Crippen LogP contribution in [0.25, 0.3) is 111 Å². The SMILES string of the molecule is Clc1cc(N(c2cccc(-c3ccc4oc5ccccc5c4c3)c2)c2c(-c3ccccc3)cccc2-c2ccccc2)cc(N(c2cccc(-c3ccc4oc5ccccc5c4c3)c2)c2c(-c3ccccc3)cccc2-c2ccccc2)c1. The molecule has 0 bridgehead atoms. The first-order chi connectivity index (χ1) is 41.1. The molecule has 0 amide bonds. The fourth-order valence-electron chi connectivity index (χ4n) is 12.1. The quantitative estimate of drug-likeness (QED) is 0.122. The Morgan fingerprint density at radius 2 is 0.530 bits per heavy atom. The molecule has 5 heteroatoms. The third-order valence-electron chi connectivity index (χ3n) is 15.9. The van der Waals surface area contributed by atoms with Gasteiger partial charge in [-0.15, -0.1) is 0 Å². The van der Waals surface area contributed by atoms with Gasteiger partial charge in [0.2, 0.25) is 0 Å². The zero-order chi connectivity index (χ0) is 55.2. The molecule has 15 rings (SSSR count). The molecule has 0 N–H and O–H groups in total. The highest BCUT2D eigenvalue weighted by Gasteiger charge is 2.27. The number of benzene rings is 13. The third kappa shape index (κ3) is 9.18. The van der Waals surface area contributed by atoms with Gasteiger partial charge >= 0.3 is 0 Å². The number of furan rings is 2. The molecule has 0 fully saturated rings. The van der Waals surface area contributed by atoms with E-state index in [-0.39, 0.29) is 0 Å². The van der Waals surface area contributed by atoms with Crippen LogP contribution in [0.5, 0.6) is 0 Å². The molecule has 0 spiro atoms. The van der Waals surface area contributed by atoms with E-state index in [1.165, 1.54) is 0 Å². The maximum Gasteiger partial charge on any atom is 0.135 e. The average molecular weight is 1080 g/mol. The van der Waals surface area contributed by atoms with Gasteiger partial charge in [-0.25, -0.2) is 0 Å². The summed E-state index contributed by atoms with van der Waals surface area (Å²) in [5.41, 5.74) is 22.0. The fourth-order valence-corrected chi connectivity index (χ4v) is 12.3. The van der Waals surface area contributed by atoms with Gasteiger partial charge in [0.1, 0.15) is 22.3 Å². The molecule has 0 atom stereocenters. The van der Waals surface area contributed by atoms with Crippen molar-refractivity contribution in [2.45, 2.75) is 0 Å². The van der Waals surface area contributed by atoms with Crippen molar-refractivity contribution in [1.29, 1.82) is 0 Å². The van der Waals surface area contributed by atoms with Crippen molar-refractivity contribution >= 4 is 89.6 Å². The second-order valence-electron chi connectivity index (χ2n) is 20.9. The van der Waals surface area contributed by atoms with E-state index in [1.807, 2.05) is 24.3 Å². The minimum absolute atomic E-state index is 0.575. The van der Waals surface area contributed by atoms with Gasteiger partial charge in [-0.3, -0.25) is 0 Å². The van der Waals surface area contributed by atoms with Crippen LogP contribution in [0.3, 0.4) is 0 Å². The Hall–Kier alpha value is -10.7. The van der Waals surface area contributed by atoms with Crippen LogP contribution < -0.4 is 9.80 Å². The van der Waals surface area contributed by atoms with Gasteiger partial charge in [0, 0.05) is 71.6 Å². The van der Waals surface area contributed by atoms with Crippen LogP contribution in [-0.2, 0) is 0 Å². The van der Waals surface area contributed by atoms with E-state index >= 15 is 0 Å². The third-order valence-corrected chi connectivity index (χ3v) is 16.1. The topological polar surface area (TPSA) is 32.8 Å². The Morgan fingerprint density at radius 3 is 0.916 bits per heavy atom. The fraction of sp³-hybridized carbons (Fsp3) is 0. The van der Waals surface area contributed by atoms with E-state index in [4.69, 9.17) is 20.4 Å². The Bertz CT molecular complexity index is 4460. The number of fused-ring (bicyclic) bond motifs is 6. The monoisotopic (exact) mass is 1080 g/mol. The van der Waals surface area contributed by atoms with Crippen LogP contribution in [0.1, 0.15) is 0 Å². The lowest BCUT2D eigenvalue weighted by Gasteiger charge is -2.34. The summed E-state index contributed by atoms with van der Waals surface area (Å²) in [6.45, 7) is 0. The number of halogens is 1. The van der Waals surface area contributed by atoms with Gasteiger partial charge in [-0.2, -0.15) is 0 Å². The van der Waals surface area contributed by atoms with E-state index < -0.39 is 0 Å². The van der Waals surface area contributed by atoms with Crippen LogP contribution in [-0.4, -0.2) is 0 Å². The molecule has 2 aromatic heterocycles. The number of rotatable bonds is 12. The summed E-state index contributed by atoms with van der Waals surface area (Å²) >= 11 is 7.78. The second kappa shape index (κ2) is 21.1. The lowest BCUT2D eigenvalue weighted by molar-refractivity contribution is 0.668. The van der Waals surface area contributed by atoms with Crippen molar-refractivity contribution in [2.75, 3.05) is 9.80 Å². The van der Waals surface area contributed by atoms with Gasteiger partial charge in [0.15, 0.2) is 0 Å². The van der Waals surface area contributed by atoms with E-state index in [0.29, 0.717) is 5.02 Å². The molecule has 15 aromatic rings. The summed E-state index contributed by atoms with van der Waals surface area (Å²) in [6.07, 6.45) is 0. The molecular formula is C78H51ClN2O2. The lowest BCUT2D eigenvalue weighted by atomic mass is 9.93. The molecule has 0 saturated carbocycles. The molecular weight excluding hydrogens is 1030 g/mol. The van der Waals surface area contributed by atoms with E-state index in [9.17, 15) is 0 Å². The second-order valence-corrected chi connectivity index (χ2v) is 21.4. The summed E-state index contributed by atoms with van der Waals surface area (Å²) in [5.74, 6) is 0. The van der Waals surface area contributed by atoms with Crippen LogP contribution in [0.4, 0.5) is 34.1 Å². The average Bonchev–Trinajstić information content (AvgIpc) is 4.27. The number of hydrogen-bond donors (Lipinski definition) is 0. The van der Waals surface area contributed by atoms with Crippen molar-refractivity contribution in [3.05, 3.63) is 314 Å². The summed E-state index contributed by atoms with van der Waals surface area (Å²) in [5, 5.41) is 4.90. The Morgan fingerprint density at radius 1 is 0.217 bits per heavy atom. The minimum atomic E-state index is 0.575. The largest absolute Gasteiger partial charge is 0.456 e. The normalized spacial score (nSPS) is 11.4. The standard InChI is InChI=1S/C78H51ClN2O2/c79-60-49-63(80(77-65(52-21-5-1-6-22-52)35-19-36-66(77)53-23-7-2-8-24-53)61-31-17-29-56(45-61)58-41-43-75-71(47-58)69-33-13-15-39-73(69)82-75)51-64(50-60)81(78-67(54-25-9-3-10-26-54)37-20-38-68(78)55-27-11-4-12-28-55)62-32-18-30-57(46-62)59-42-44-76-72(48-59)70-34-14-16-40-74(70)83-76/h1-51H. The van der Waals surface area contributed by atoms with Gasteiger partial charge < -0.3 is 18.6 Å². The number of anilines is 6. The molecule has 0 unspecified atom stereocenters. The highest BCUT2D eigenvalue weighted by molar-refractivity contribution is 6.31. The van der Waals surface area contributed by atoms with E-state index in [0.717, 1.165) is 145 Å². The maximum absolute atomic E-state index is 7.78. The lowest BCUT2D eigenvalue weighted by Crippen LogP contribution is -2.16. The van der Waals surface area contributed by atoms with Crippen molar-refractivity contribution < 1.29 is 8.83 Å². The van der Waals surface area contributed by atoms with Crippen molar-refractivity contribution in [2.24, 2.45) is 0 Å². The van der Waals surface area contributed by atoms with Crippen molar-refractivity contribution in [1.82, 2.24) is 0 Å². The van der Waals surface area contributed by atoms with Crippen LogP contribution in [0.15, 0.2) is 318 Å². The predicted molar refractivity (Wildman–Crippen MR) is 348 cm³/mol. The summed E-state index contributed by atoms with van der Waals surface area (Å²) in [6, 6.07) is 110. The van der Waals surface area contributed by atoms with E-state index in [1.54, 1.807) is 0 Å². The van der Waals surface area contributed by atoms with Crippen molar-refractivity contribution in [3.8, 4) is 66.8 Å². The van der Waals surface area contributed by atoms with Gasteiger partial charge in [0.05, 0.1) is 11.4 Å². The van der Waals surface area contributed by atoms with E-state index in [2.05, 4.69) is 295 Å². The van der Waals surface area contributed by atoms with Gasteiger partial charge in [-0.1, -0.05) is 242 Å². The molecule has 0 aliphatic carbocycles. The molecule has 0 saturated heterocycles. The molecule has 83 heavy (non-hydrogen) atoms.